The number of nitrogens with one attached hydrogen (secondary N) is 1. The number of methoxy groups -OCH3 is 1. The Morgan fingerprint density at radius 2 is 2.14 bits per heavy atom. The lowest BCUT2D eigenvalue weighted by atomic mass is 9.82. The fourth-order valence-electron chi connectivity index (χ4n) is 4.61. The van der Waals surface area contributed by atoms with Crippen LogP contribution in [0.5, 0.6) is 0 Å². The lowest BCUT2D eigenvalue weighted by molar-refractivity contribution is -0.137. The molecule has 2 fully saturated rings. The maximum absolute atomic E-state index is 13.4. The first-order chi connectivity index (χ1) is 13.2. The highest BCUT2D eigenvalue weighted by molar-refractivity contribution is 6.25. The Morgan fingerprint density at radius 3 is 2.75 bits per heavy atom. The molecule has 3 aliphatic heterocycles. The Morgan fingerprint density at radius 1 is 1.43 bits per heavy atom. The van der Waals surface area contributed by atoms with E-state index in [-0.39, 0.29) is 47.1 Å². The molecular weight excluding hydrogens is 366 g/mol. The van der Waals surface area contributed by atoms with E-state index in [2.05, 4.69) is 10.3 Å². The molecule has 1 aliphatic carbocycles. The molecule has 10 nitrogen and oxygen atoms in total. The van der Waals surface area contributed by atoms with Crippen molar-refractivity contribution < 1.29 is 23.9 Å². The van der Waals surface area contributed by atoms with Crippen molar-refractivity contribution >= 4 is 24.0 Å². The third-order valence-electron chi connectivity index (χ3n) is 5.81. The van der Waals surface area contributed by atoms with Gasteiger partial charge in [-0.25, -0.2) is 9.79 Å². The predicted octanol–water partition coefficient (Wildman–Crippen LogP) is -1.02. The van der Waals surface area contributed by atoms with Gasteiger partial charge in [0, 0.05) is 44.9 Å². The van der Waals surface area contributed by atoms with Crippen LogP contribution in [-0.2, 0) is 19.1 Å². The number of allylic oxidation sites excluding steroid dienone is 2. The Bertz CT molecular complexity index is 876. The summed E-state index contributed by atoms with van der Waals surface area (Å²) >= 11 is 0. The van der Waals surface area contributed by atoms with E-state index in [0.717, 1.165) is 0 Å². The van der Waals surface area contributed by atoms with Gasteiger partial charge < -0.3 is 30.3 Å². The molecule has 4 aliphatic rings. The second kappa shape index (κ2) is 6.14. The van der Waals surface area contributed by atoms with Crippen LogP contribution in [0.25, 0.3) is 0 Å². The van der Waals surface area contributed by atoms with Crippen molar-refractivity contribution in [1.82, 2.24) is 15.1 Å². The van der Waals surface area contributed by atoms with Crippen LogP contribution in [0, 0.1) is 5.92 Å². The first-order valence-corrected chi connectivity index (χ1v) is 9.00. The minimum atomic E-state index is -0.975. The lowest BCUT2D eigenvalue weighted by Gasteiger charge is -2.39. The largest absolute Gasteiger partial charge is 0.449 e. The number of nitrogens with zero attached hydrogens (tertiary/aromatic N) is 3. The van der Waals surface area contributed by atoms with Crippen molar-refractivity contribution in [3.63, 3.8) is 0 Å². The molecule has 0 spiro atoms. The van der Waals surface area contributed by atoms with Gasteiger partial charge in [0.15, 0.2) is 5.72 Å². The highest BCUT2D eigenvalue weighted by Gasteiger charge is 2.72. The molecule has 0 bridgehead atoms. The predicted molar refractivity (Wildman–Crippen MR) is 98.1 cm³/mol. The summed E-state index contributed by atoms with van der Waals surface area (Å²) in [5.41, 5.74) is 5.16. The number of carbonyl (C=O) groups is 3. The van der Waals surface area contributed by atoms with Crippen molar-refractivity contribution in [1.29, 1.82) is 0 Å². The number of rotatable bonds is 5. The zero-order chi connectivity index (χ0) is 20.4. The molecule has 4 atom stereocenters. The summed E-state index contributed by atoms with van der Waals surface area (Å²) in [4.78, 5) is 45.6. The molecule has 0 aromatic rings. The molecule has 0 aromatic carbocycles. The van der Waals surface area contributed by atoms with E-state index in [1.165, 1.54) is 13.4 Å². The number of amides is 1. The van der Waals surface area contributed by atoms with Crippen molar-refractivity contribution in [2.24, 2.45) is 16.6 Å². The number of ether oxygens (including phenoxy) is 2. The number of carbonyl (C=O) groups excluding carboxylic acids is 3. The lowest BCUT2D eigenvalue weighted by Crippen LogP contribution is -2.55. The summed E-state index contributed by atoms with van der Waals surface area (Å²) in [5, 5.41) is 3.31. The van der Waals surface area contributed by atoms with Crippen molar-refractivity contribution in [2.45, 2.75) is 24.7 Å². The zero-order valence-electron chi connectivity index (χ0n) is 16.2. The average molecular weight is 389 g/mol. The van der Waals surface area contributed by atoms with Gasteiger partial charge in [0.1, 0.15) is 12.3 Å². The maximum atomic E-state index is 13.4. The van der Waals surface area contributed by atoms with Gasteiger partial charge in [0.25, 0.3) is 0 Å². The van der Waals surface area contributed by atoms with Gasteiger partial charge in [0.2, 0.25) is 11.6 Å². The average Bonchev–Trinajstić information content (AvgIpc) is 3.24. The summed E-state index contributed by atoms with van der Waals surface area (Å²) < 4.78 is 11.0. The third-order valence-corrected chi connectivity index (χ3v) is 5.81. The number of nitrogens with two attached hydrogens (primary N) is 1. The normalized spacial score (nSPS) is 33.4. The molecule has 28 heavy (non-hydrogen) atoms. The molecule has 2 saturated heterocycles. The van der Waals surface area contributed by atoms with Crippen molar-refractivity contribution in [3.8, 4) is 0 Å². The number of ketones is 2. The Hall–Kier alpha value is -2.72. The van der Waals surface area contributed by atoms with E-state index in [0.29, 0.717) is 12.2 Å². The minimum absolute atomic E-state index is 0.0702. The van der Waals surface area contributed by atoms with Crippen LogP contribution in [0.4, 0.5) is 4.79 Å². The Balaban J connectivity index is 1.81. The quantitative estimate of drug-likeness (QED) is 0.264. The van der Waals surface area contributed by atoms with Gasteiger partial charge in [-0.2, -0.15) is 0 Å². The van der Waals surface area contributed by atoms with Crippen LogP contribution in [0.15, 0.2) is 27.5 Å². The first-order valence-electron chi connectivity index (χ1n) is 9.00. The van der Waals surface area contributed by atoms with Gasteiger partial charge in [-0.05, 0) is 6.92 Å². The minimum Gasteiger partial charge on any atom is -0.449 e. The second-order valence-electron chi connectivity index (χ2n) is 7.60. The second-order valence-corrected chi connectivity index (χ2v) is 7.60. The van der Waals surface area contributed by atoms with Gasteiger partial charge in [-0.3, -0.25) is 9.59 Å². The van der Waals surface area contributed by atoms with Gasteiger partial charge in [-0.15, -0.1) is 0 Å². The van der Waals surface area contributed by atoms with E-state index in [9.17, 15) is 14.4 Å². The van der Waals surface area contributed by atoms with Crippen LogP contribution >= 0.6 is 0 Å². The van der Waals surface area contributed by atoms with Crippen LogP contribution in [0.3, 0.4) is 0 Å². The maximum Gasteiger partial charge on any atom is 0.404 e. The van der Waals surface area contributed by atoms with E-state index in [1.807, 2.05) is 4.90 Å². The first kappa shape index (κ1) is 18.6. The number of fused-ring (bicyclic) bond motifs is 4. The fraction of sp³-hybridized carbons (Fsp3) is 0.556. The molecule has 0 radical (unpaired) electrons. The van der Waals surface area contributed by atoms with Crippen LogP contribution in [-0.4, -0.2) is 86.0 Å². The third kappa shape index (κ3) is 2.34. The molecular formula is C18H23N5O5. The molecule has 1 amide bonds. The standard InChI is InChI=1S/C18H23N5O5/c1-8-12(20-7-22(2)3)15(25)11-9(6-28-17(19)26)18(27-4)16-10(21-16)5-23(18)13(11)14(8)24/h7,9-10,16,21H,5-6H2,1-4H3,(H2,19,26)/t9-,10?,16?,18-/m1/s1. The monoisotopic (exact) mass is 389 g/mol. The highest BCUT2D eigenvalue weighted by atomic mass is 16.6. The van der Waals surface area contributed by atoms with Gasteiger partial charge in [0.05, 0.1) is 24.0 Å². The SMILES string of the molecule is CO[C@]12C3NC3CN1C1=C(C(=O)C(N=CN(C)C)=C(C)C1=O)[C@H]2COC(N)=O. The number of hydrogen-bond donors (Lipinski definition) is 2. The fourth-order valence-corrected chi connectivity index (χ4v) is 4.61. The van der Waals surface area contributed by atoms with E-state index in [4.69, 9.17) is 15.2 Å². The molecule has 2 unspecified atom stereocenters. The number of aliphatic imine (C=N–C) groups is 1. The molecule has 0 aromatic heterocycles. The smallest absolute Gasteiger partial charge is 0.404 e. The van der Waals surface area contributed by atoms with Crippen LogP contribution < -0.4 is 11.1 Å². The Kier molecular flexibility index (Phi) is 4.09. The van der Waals surface area contributed by atoms with Gasteiger partial charge >= 0.3 is 6.09 Å². The summed E-state index contributed by atoms with van der Waals surface area (Å²) in [6.45, 7) is 1.97. The van der Waals surface area contributed by atoms with Crippen LogP contribution in [0.2, 0.25) is 0 Å². The van der Waals surface area contributed by atoms with Crippen molar-refractivity contribution in [2.75, 3.05) is 34.4 Å². The molecule has 0 saturated carbocycles. The van der Waals surface area contributed by atoms with E-state index in [1.54, 1.807) is 25.9 Å². The molecule has 150 valence electrons. The highest BCUT2D eigenvalue weighted by Crippen LogP contribution is 2.55. The van der Waals surface area contributed by atoms with E-state index < -0.39 is 17.7 Å². The van der Waals surface area contributed by atoms with Gasteiger partial charge in [-0.1, -0.05) is 0 Å². The molecule has 3 N–H and O–H groups in total. The van der Waals surface area contributed by atoms with E-state index >= 15 is 0 Å². The Labute approximate surface area is 162 Å². The zero-order valence-corrected chi connectivity index (χ0v) is 16.2. The molecule has 3 heterocycles. The topological polar surface area (TPSA) is 136 Å². The number of piperazine rings is 1. The summed E-state index contributed by atoms with van der Waals surface area (Å²) in [6.07, 6.45) is 0.530. The summed E-state index contributed by atoms with van der Waals surface area (Å²) in [7, 11) is 5.08. The molecule has 4 rings (SSSR count). The van der Waals surface area contributed by atoms with Crippen molar-refractivity contribution in [3.05, 3.63) is 22.5 Å². The van der Waals surface area contributed by atoms with Crippen LogP contribution in [0.1, 0.15) is 6.92 Å². The summed E-state index contributed by atoms with van der Waals surface area (Å²) in [5.74, 6) is -1.27. The number of Topliss-reactive ketones (excluding diaryl/α,β-unsaturated/α-hetero) is 2. The molecule has 10 heteroatoms. The number of primary amides is 1. The summed E-state index contributed by atoms with van der Waals surface area (Å²) in [6, 6.07) is 0.0876. The number of hydrogen-bond acceptors (Lipinski definition) is 8.